The van der Waals surface area contributed by atoms with Crippen LogP contribution >= 0.6 is 11.6 Å². The van der Waals surface area contributed by atoms with Gasteiger partial charge in [-0.15, -0.1) is 0 Å². The molecule has 0 unspecified atom stereocenters. The van der Waals surface area contributed by atoms with Crippen LogP contribution in [0.25, 0.3) is 0 Å². The molecule has 21 heavy (non-hydrogen) atoms. The van der Waals surface area contributed by atoms with Crippen LogP contribution in [0.4, 0.5) is 0 Å². The summed E-state index contributed by atoms with van der Waals surface area (Å²) >= 11 is 6.54. The Labute approximate surface area is 133 Å². The van der Waals surface area contributed by atoms with Crippen LogP contribution in [0.1, 0.15) is 56.9 Å². The lowest BCUT2D eigenvalue weighted by atomic mass is 9.72. The van der Waals surface area contributed by atoms with Gasteiger partial charge in [-0.05, 0) is 44.4 Å². The van der Waals surface area contributed by atoms with Crippen LogP contribution < -0.4 is 10.6 Å². The minimum Gasteiger partial charge on any atom is -0.309 e. The smallest absolute Gasteiger partial charge is 0.0602 e. The quantitative estimate of drug-likeness (QED) is 0.870. The van der Waals surface area contributed by atoms with Gasteiger partial charge in [0.25, 0.3) is 0 Å². The maximum atomic E-state index is 6.54. The summed E-state index contributed by atoms with van der Waals surface area (Å²) in [6.07, 6.45) is 10.4. The first-order chi connectivity index (χ1) is 10.3. The van der Waals surface area contributed by atoms with E-state index in [1.54, 1.807) is 0 Å². The molecule has 0 spiro atoms. The Morgan fingerprint density at radius 1 is 1.05 bits per heavy atom. The van der Waals surface area contributed by atoms with Gasteiger partial charge in [0.15, 0.2) is 0 Å². The Balaban J connectivity index is 1.90. The maximum absolute atomic E-state index is 6.54. The standard InChI is InChI=1S/C18H27ClN2/c1-20-18(15-10-4-5-11-16(15)19)13-7-6-12-17(18)21-14-8-2-3-9-14/h4-5,10-11,14,17,20-21H,2-3,6-9,12-13H2,1H3/t17-,18+/m1/s1. The van der Waals surface area contributed by atoms with Crippen molar-refractivity contribution in [2.75, 3.05) is 7.05 Å². The third kappa shape index (κ3) is 2.99. The minimum absolute atomic E-state index is 0.0147. The molecular weight excluding hydrogens is 280 g/mol. The third-order valence-electron chi connectivity index (χ3n) is 5.50. The molecule has 0 saturated heterocycles. The van der Waals surface area contributed by atoms with Crippen molar-refractivity contribution in [3.05, 3.63) is 34.9 Å². The summed E-state index contributed by atoms with van der Waals surface area (Å²) in [5.74, 6) is 0. The number of rotatable bonds is 4. The van der Waals surface area contributed by atoms with Crippen molar-refractivity contribution in [3.63, 3.8) is 0 Å². The van der Waals surface area contributed by atoms with Crippen LogP contribution in [-0.4, -0.2) is 19.1 Å². The average Bonchev–Trinajstić information content (AvgIpc) is 3.02. The Morgan fingerprint density at radius 2 is 1.76 bits per heavy atom. The lowest BCUT2D eigenvalue weighted by molar-refractivity contribution is 0.165. The first-order valence-corrected chi connectivity index (χ1v) is 8.84. The van der Waals surface area contributed by atoms with Crippen LogP contribution in [-0.2, 0) is 5.54 Å². The van der Waals surface area contributed by atoms with Gasteiger partial charge < -0.3 is 10.6 Å². The largest absolute Gasteiger partial charge is 0.309 e. The highest BCUT2D eigenvalue weighted by atomic mass is 35.5. The van der Waals surface area contributed by atoms with Gasteiger partial charge in [0.2, 0.25) is 0 Å². The van der Waals surface area contributed by atoms with Gasteiger partial charge in [0.05, 0.1) is 5.54 Å². The SMILES string of the molecule is CN[C@]1(c2ccccc2Cl)CCCC[C@H]1NC1CCCC1. The predicted molar refractivity (Wildman–Crippen MR) is 89.8 cm³/mol. The molecular formula is C18H27ClN2. The minimum atomic E-state index is -0.0147. The summed E-state index contributed by atoms with van der Waals surface area (Å²) in [5, 5.41) is 8.51. The van der Waals surface area contributed by atoms with Crippen molar-refractivity contribution in [3.8, 4) is 0 Å². The number of nitrogens with one attached hydrogen (secondary N) is 2. The molecule has 0 bridgehead atoms. The van der Waals surface area contributed by atoms with Crippen LogP contribution in [0.2, 0.25) is 5.02 Å². The van der Waals surface area contributed by atoms with Gasteiger partial charge in [0.1, 0.15) is 0 Å². The molecule has 1 aromatic rings. The highest BCUT2D eigenvalue weighted by Gasteiger charge is 2.42. The van der Waals surface area contributed by atoms with Gasteiger partial charge in [-0.25, -0.2) is 0 Å². The van der Waals surface area contributed by atoms with E-state index in [4.69, 9.17) is 11.6 Å². The van der Waals surface area contributed by atoms with E-state index in [9.17, 15) is 0 Å². The molecule has 0 aromatic heterocycles. The van der Waals surface area contributed by atoms with E-state index in [2.05, 4.69) is 29.8 Å². The Kier molecular flexibility index (Phi) is 4.88. The summed E-state index contributed by atoms with van der Waals surface area (Å²) in [4.78, 5) is 0. The van der Waals surface area contributed by atoms with E-state index in [1.807, 2.05) is 12.1 Å². The van der Waals surface area contributed by atoms with Crippen LogP contribution in [0.15, 0.2) is 24.3 Å². The summed E-state index contributed by atoms with van der Waals surface area (Å²) in [6, 6.07) is 9.55. The van der Waals surface area contributed by atoms with Crippen molar-refractivity contribution in [2.24, 2.45) is 0 Å². The topological polar surface area (TPSA) is 24.1 Å². The zero-order chi connectivity index (χ0) is 14.7. The highest BCUT2D eigenvalue weighted by Crippen LogP contribution is 2.40. The Bertz CT molecular complexity index is 470. The monoisotopic (exact) mass is 306 g/mol. The highest BCUT2D eigenvalue weighted by molar-refractivity contribution is 6.31. The normalized spacial score (nSPS) is 30.7. The summed E-state index contributed by atoms with van der Waals surface area (Å²) in [7, 11) is 2.10. The summed E-state index contributed by atoms with van der Waals surface area (Å²) in [5.41, 5.74) is 1.25. The van der Waals surface area contributed by atoms with Gasteiger partial charge in [-0.2, -0.15) is 0 Å². The van der Waals surface area contributed by atoms with E-state index >= 15 is 0 Å². The number of hydrogen-bond donors (Lipinski definition) is 2. The van der Waals surface area contributed by atoms with Crippen molar-refractivity contribution < 1.29 is 0 Å². The van der Waals surface area contributed by atoms with Gasteiger partial charge in [0, 0.05) is 17.1 Å². The lowest BCUT2D eigenvalue weighted by Crippen LogP contribution is -2.59. The van der Waals surface area contributed by atoms with E-state index in [0.717, 1.165) is 11.4 Å². The Morgan fingerprint density at radius 3 is 2.48 bits per heavy atom. The van der Waals surface area contributed by atoms with E-state index in [1.165, 1.54) is 50.5 Å². The molecule has 2 aliphatic rings. The molecule has 0 aliphatic heterocycles. The second-order valence-corrected chi connectivity index (χ2v) is 7.05. The molecule has 0 radical (unpaired) electrons. The summed E-state index contributed by atoms with van der Waals surface area (Å²) < 4.78 is 0. The van der Waals surface area contributed by atoms with Crippen LogP contribution in [0.5, 0.6) is 0 Å². The molecule has 3 heteroatoms. The fourth-order valence-corrected chi connectivity index (χ4v) is 4.66. The van der Waals surface area contributed by atoms with Crippen LogP contribution in [0.3, 0.4) is 0 Å². The number of benzene rings is 1. The first-order valence-electron chi connectivity index (χ1n) is 8.46. The predicted octanol–water partition coefficient (Wildman–Crippen LogP) is 4.23. The van der Waals surface area contributed by atoms with Gasteiger partial charge >= 0.3 is 0 Å². The summed E-state index contributed by atoms with van der Waals surface area (Å²) in [6.45, 7) is 0. The van der Waals surface area contributed by atoms with E-state index in [0.29, 0.717) is 12.1 Å². The number of hydrogen-bond acceptors (Lipinski definition) is 2. The molecule has 0 amide bonds. The maximum Gasteiger partial charge on any atom is 0.0602 e. The molecule has 2 N–H and O–H groups in total. The fraction of sp³-hybridized carbons (Fsp3) is 0.667. The van der Waals surface area contributed by atoms with Gasteiger partial charge in [-0.3, -0.25) is 0 Å². The molecule has 116 valence electrons. The Hall–Kier alpha value is -0.570. The van der Waals surface area contributed by atoms with E-state index < -0.39 is 0 Å². The zero-order valence-corrected chi connectivity index (χ0v) is 13.8. The van der Waals surface area contributed by atoms with E-state index in [-0.39, 0.29) is 5.54 Å². The van der Waals surface area contributed by atoms with Crippen molar-refractivity contribution in [1.29, 1.82) is 0 Å². The second-order valence-electron chi connectivity index (χ2n) is 6.65. The molecule has 1 aromatic carbocycles. The molecule has 2 fully saturated rings. The lowest BCUT2D eigenvalue weighted by Gasteiger charge is -2.46. The van der Waals surface area contributed by atoms with Crippen molar-refractivity contribution in [1.82, 2.24) is 10.6 Å². The van der Waals surface area contributed by atoms with Crippen molar-refractivity contribution >= 4 is 11.6 Å². The molecule has 2 saturated carbocycles. The van der Waals surface area contributed by atoms with Crippen LogP contribution in [0, 0.1) is 0 Å². The molecule has 2 atom stereocenters. The van der Waals surface area contributed by atoms with Crippen molar-refractivity contribution in [2.45, 2.75) is 69.0 Å². The molecule has 0 heterocycles. The zero-order valence-electron chi connectivity index (χ0n) is 13.0. The fourth-order valence-electron chi connectivity index (χ4n) is 4.35. The molecule has 3 rings (SSSR count). The van der Waals surface area contributed by atoms with Gasteiger partial charge in [-0.1, -0.05) is 55.5 Å². The third-order valence-corrected chi connectivity index (χ3v) is 5.83. The molecule has 2 nitrogen and oxygen atoms in total. The number of likely N-dealkylation sites (N-methyl/N-ethyl adjacent to an activating group) is 1. The molecule has 2 aliphatic carbocycles. The second kappa shape index (κ2) is 6.68. The first kappa shape index (κ1) is 15.3. The number of halogens is 1. The average molecular weight is 307 g/mol.